The Balaban J connectivity index is 0.000000212. The summed E-state index contributed by atoms with van der Waals surface area (Å²) < 4.78 is 10.5. The molecule has 6 aromatic carbocycles. The highest BCUT2D eigenvalue weighted by Crippen LogP contribution is 2.45. The van der Waals surface area contributed by atoms with Crippen LogP contribution in [0, 0.1) is 13.8 Å². The van der Waals surface area contributed by atoms with Gasteiger partial charge in [-0.05, 0) is 92.0 Å². The number of amides is 2. The maximum Gasteiger partial charge on any atom is 0.258 e. The fourth-order valence-electron chi connectivity index (χ4n) is 11.2. The van der Waals surface area contributed by atoms with Gasteiger partial charge in [0.1, 0.15) is 11.9 Å². The molecule has 0 unspecified atom stereocenters. The lowest BCUT2D eigenvalue weighted by Gasteiger charge is -2.29. The minimum Gasteiger partial charge on any atom is -0.495 e. The Morgan fingerprint density at radius 1 is 0.580 bits per heavy atom. The molecule has 3 heterocycles. The largest absolute Gasteiger partial charge is 0.495 e. The molecule has 420 valence electrons. The summed E-state index contributed by atoms with van der Waals surface area (Å²) in [6.07, 6.45) is -0.0278. The molecule has 9 rings (SSSR count). The molecule has 1 aliphatic rings. The molecule has 11 heteroatoms. The van der Waals surface area contributed by atoms with Crippen molar-refractivity contribution in [2.24, 2.45) is 0 Å². The highest BCUT2D eigenvalue weighted by Gasteiger charge is 2.33. The van der Waals surface area contributed by atoms with Crippen molar-refractivity contribution in [3.05, 3.63) is 216 Å². The number of aliphatic hydroxyl groups is 3. The van der Waals surface area contributed by atoms with Gasteiger partial charge in [-0.3, -0.25) is 14.4 Å². The van der Waals surface area contributed by atoms with Gasteiger partial charge in [0.15, 0.2) is 0 Å². The molecule has 2 aromatic heterocycles. The first-order valence-electron chi connectivity index (χ1n) is 28.4. The lowest BCUT2D eigenvalue weighted by Crippen LogP contribution is -2.28. The second kappa shape index (κ2) is 27.4. The molecule has 0 saturated carbocycles. The van der Waals surface area contributed by atoms with Gasteiger partial charge in [0, 0.05) is 72.7 Å². The van der Waals surface area contributed by atoms with E-state index < -0.39 is 18.3 Å². The predicted octanol–water partition coefficient (Wildman–Crippen LogP) is 14.9. The third kappa shape index (κ3) is 14.8. The van der Waals surface area contributed by atoms with Crippen molar-refractivity contribution < 1.29 is 34.4 Å². The average molecular weight is 1090 g/mol. The quantitative estimate of drug-likeness (QED) is 0.0509. The molecule has 1 aliphatic heterocycles. The highest BCUT2D eigenvalue weighted by molar-refractivity contribution is 6.13. The first-order valence-corrected chi connectivity index (χ1v) is 28.4. The summed E-state index contributed by atoms with van der Waals surface area (Å²) in [5.41, 5.74) is 14.6. The van der Waals surface area contributed by atoms with Crippen molar-refractivity contribution in [1.82, 2.24) is 9.13 Å². The molecule has 0 radical (unpaired) electrons. The summed E-state index contributed by atoms with van der Waals surface area (Å²) >= 11 is 0. The Labute approximate surface area is 478 Å². The Morgan fingerprint density at radius 2 is 0.988 bits per heavy atom. The summed E-state index contributed by atoms with van der Waals surface area (Å²) in [4.78, 5) is 39.8. The predicted molar refractivity (Wildman–Crippen MR) is 327 cm³/mol. The van der Waals surface area contributed by atoms with Crippen LogP contribution in [-0.2, 0) is 22.6 Å². The van der Waals surface area contributed by atoms with Crippen LogP contribution in [0.15, 0.2) is 182 Å². The van der Waals surface area contributed by atoms with E-state index in [0.717, 1.165) is 67.4 Å². The second-order valence-electron chi connectivity index (χ2n) is 22.1. The molecule has 1 saturated heterocycles. The first kappa shape index (κ1) is 59.0. The Bertz CT molecular complexity index is 3380. The number of ether oxygens (including phenoxy) is 1. The van der Waals surface area contributed by atoms with E-state index in [0.29, 0.717) is 61.3 Å². The molecule has 11 nitrogen and oxygen atoms in total. The van der Waals surface area contributed by atoms with E-state index >= 15 is 0 Å². The number of aryl methyl sites for hydroxylation is 2. The molecule has 0 bridgehead atoms. The van der Waals surface area contributed by atoms with Crippen molar-refractivity contribution in [2.45, 2.75) is 136 Å². The fraction of sp³-hybridized carbons (Fsp3) is 0.300. The minimum absolute atomic E-state index is 0.00590. The monoisotopic (exact) mass is 1090 g/mol. The van der Waals surface area contributed by atoms with Gasteiger partial charge in [0.25, 0.3) is 11.8 Å². The van der Waals surface area contributed by atoms with Crippen LogP contribution in [0.25, 0.3) is 44.8 Å². The van der Waals surface area contributed by atoms with Crippen LogP contribution in [0.4, 0.5) is 11.4 Å². The molecular weight excluding hydrogens is 1010 g/mol. The number of carbonyl (C=O) groups is 3. The highest BCUT2D eigenvalue weighted by atomic mass is 16.5. The lowest BCUT2D eigenvalue weighted by atomic mass is 9.94. The van der Waals surface area contributed by atoms with Crippen LogP contribution >= 0.6 is 0 Å². The van der Waals surface area contributed by atoms with Gasteiger partial charge in [-0.2, -0.15) is 0 Å². The van der Waals surface area contributed by atoms with Gasteiger partial charge < -0.3 is 39.8 Å². The number of ketones is 1. The number of anilines is 2. The molecule has 8 aromatic rings. The number of para-hydroxylation sites is 2. The standard InChI is InChI=1S/C35H40N2O4.C35H38N2O3/c1-23(2)33-32(35(41)36-28-13-9-6-10-14-28)31(26-11-7-5-8-12-26)34(27-17-15-24(3)16-18-27)37(33)20-19-29(39)22-30(40)21-25(4)38;1-23(2)33-32(35(39)36-28-13-9-6-10-14-28)31(26-11-7-5-8-12-26)34(27-17-15-24(3)16-18-27)37(33)20-19-30-22-29(38)21-25(4)40-30/h5-18,23,29-30,39-40H,19-22H2,1-4H3,(H,36,41);5-18,23,29-30,38H,4,19-22H2,1-3H3,(H,36,39)/t2*29-,30+/m10/s1. The Hall–Kier alpha value is -8.09. The van der Waals surface area contributed by atoms with Crippen LogP contribution in [-0.4, -0.2) is 66.5 Å². The van der Waals surface area contributed by atoms with Crippen molar-refractivity contribution in [2.75, 3.05) is 10.6 Å². The van der Waals surface area contributed by atoms with E-state index in [2.05, 4.69) is 122 Å². The number of benzene rings is 6. The van der Waals surface area contributed by atoms with Gasteiger partial charge in [0.05, 0.1) is 46.6 Å². The smallest absolute Gasteiger partial charge is 0.258 e. The van der Waals surface area contributed by atoms with Gasteiger partial charge in [-0.15, -0.1) is 0 Å². The Kier molecular flexibility index (Phi) is 20.0. The van der Waals surface area contributed by atoms with Crippen molar-refractivity contribution in [1.29, 1.82) is 0 Å². The summed E-state index contributed by atoms with van der Waals surface area (Å²) in [6.45, 7) is 19.0. The number of aliphatic hydroxyl groups excluding tert-OH is 3. The number of carbonyl (C=O) groups excluding carboxylic acids is 3. The number of nitrogens with one attached hydrogen (secondary N) is 2. The van der Waals surface area contributed by atoms with Crippen molar-refractivity contribution >= 4 is 29.0 Å². The van der Waals surface area contributed by atoms with Gasteiger partial charge in [-0.25, -0.2) is 0 Å². The lowest BCUT2D eigenvalue weighted by molar-refractivity contribution is -0.119. The van der Waals surface area contributed by atoms with Gasteiger partial charge in [-0.1, -0.05) is 191 Å². The molecule has 2 amide bonds. The topological polar surface area (TPSA) is 155 Å². The van der Waals surface area contributed by atoms with Gasteiger partial charge >= 0.3 is 0 Å². The van der Waals surface area contributed by atoms with E-state index in [4.69, 9.17) is 4.74 Å². The fourth-order valence-corrected chi connectivity index (χ4v) is 11.2. The number of rotatable bonds is 20. The summed E-state index contributed by atoms with van der Waals surface area (Å²) in [6, 6.07) is 55.9. The van der Waals surface area contributed by atoms with E-state index in [1.165, 1.54) is 12.5 Å². The number of aromatic nitrogens is 2. The summed E-state index contributed by atoms with van der Waals surface area (Å²) in [7, 11) is 0. The van der Waals surface area contributed by atoms with E-state index in [-0.39, 0.29) is 48.4 Å². The van der Waals surface area contributed by atoms with Crippen LogP contribution < -0.4 is 10.6 Å². The van der Waals surface area contributed by atoms with Crippen LogP contribution in [0.5, 0.6) is 0 Å². The van der Waals surface area contributed by atoms with E-state index in [9.17, 15) is 29.7 Å². The number of hydrogen-bond donors (Lipinski definition) is 5. The maximum absolute atomic E-state index is 14.2. The molecular formula is C70H78N4O7. The van der Waals surface area contributed by atoms with Crippen molar-refractivity contribution in [3.63, 3.8) is 0 Å². The van der Waals surface area contributed by atoms with Crippen LogP contribution in [0.1, 0.15) is 128 Å². The Morgan fingerprint density at radius 3 is 1.38 bits per heavy atom. The van der Waals surface area contributed by atoms with Crippen LogP contribution in [0.2, 0.25) is 0 Å². The minimum atomic E-state index is -0.889. The van der Waals surface area contributed by atoms with E-state index in [1.54, 1.807) is 0 Å². The SMILES string of the molecule is C=C1C[C@H](O)C[C@@H](CCn2c(-c3ccc(C)cc3)c(-c3ccccc3)c(C(=O)Nc3ccccc3)c2C(C)C)O1.CC(=O)C[C@H](O)C[C@H](O)CCn1c(-c2ccc(C)cc2)c(-c2ccccc2)c(C(=O)Nc2ccccc2)c1C(C)C. The molecule has 1 fully saturated rings. The zero-order valence-corrected chi connectivity index (χ0v) is 47.9. The zero-order chi connectivity index (χ0) is 57.7. The first-order chi connectivity index (χ1) is 39.0. The van der Waals surface area contributed by atoms with E-state index in [1.807, 2.05) is 116 Å². The summed E-state index contributed by atoms with van der Waals surface area (Å²) in [5.74, 6) is 0.272. The number of nitrogens with zero attached hydrogens (tertiary/aromatic N) is 2. The third-order valence-corrected chi connectivity index (χ3v) is 14.8. The summed E-state index contributed by atoms with van der Waals surface area (Å²) in [5, 5.41) is 37.7. The second-order valence-corrected chi connectivity index (χ2v) is 22.1. The zero-order valence-electron chi connectivity index (χ0n) is 47.9. The molecule has 81 heavy (non-hydrogen) atoms. The van der Waals surface area contributed by atoms with Gasteiger partial charge in [0.2, 0.25) is 0 Å². The third-order valence-electron chi connectivity index (χ3n) is 14.8. The molecule has 0 aliphatic carbocycles. The number of Topliss-reactive ketones (excluding diaryl/α,β-unsaturated/α-hetero) is 1. The van der Waals surface area contributed by atoms with Crippen LogP contribution in [0.3, 0.4) is 0 Å². The molecule has 0 spiro atoms. The molecule has 5 N–H and O–H groups in total. The normalized spacial score (nSPS) is 14.9. The maximum atomic E-state index is 14.2. The average Bonchev–Trinajstić information content (AvgIpc) is 3.88. The van der Waals surface area contributed by atoms with Crippen molar-refractivity contribution in [3.8, 4) is 44.8 Å². The molecule has 4 atom stereocenters. The number of hydrogen-bond acceptors (Lipinski definition) is 7.